The van der Waals surface area contributed by atoms with Crippen molar-refractivity contribution in [1.82, 2.24) is 24.6 Å². The lowest BCUT2D eigenvalue weighted by atomic mass is 9.97. The van der Waals surface area contributed by atoms with Gasteiger partial charge in [0.25, 0.3) is 5.91 Å². The minimum atomic E-state index is -0.313. The molecule has 1 aliphatic heterocycles. The van der Waals surface area contributed by atoms with Crippen molar-refractivity contribution >= 4 is 5.91 Å². The number of likely N-dealkylation sites (tertiary alicyclic amines) is 1. The van der Waals surface area contributed by atoms with Crippen LogP contribution in [0.4, 0.5) is 4.39 Å². The molecule has 5 rings (SSSR count). The number of imidazole rings is 1. The van der Waals surface area contributed by atoms with Gasteiger partial charge in [-0.05, 0) is 61.4 Å². The SMILES string of the molecule is O=C(c1ccc(-n2ccnc2)cc1)N1CCC[C@H](c2nc(-c3ccc(F)cc3)no2)C1. The van der Waals surface area contributed by atoms with E-state index in [4.69, 9.17) is 4.52 Å². The van der Waals surface area contributed by atoms with E-state index in [0.29, 0.717) is 35.9 Å². The molecule has 8 heteroatoms. The largest absolute Gasteiger partial charge is 0.339 e. The van der Waals surface area contributed by atoms with Crippen molar-refractivity contribution in [3.63, 3.8) is 0 Å². The van der Waals surface area contributed by atoms with Gasteiger partial charge in [-0.1, -0.05) is 5.16 Å². The fourth-order valence-corrected chi connectivity index (χ4v) is 3.85. The summed E-state index contributed by atoms with van der Waals surface area (Å²) in [5, 5.41) is 4.03. The number of aromatic nitrogens is 4. The molecule has 1 aliphatic rings. The van der Waals surface area contributed by atoms with Gasteiger partial charge in [0.15, 0.2) is 0 Å². The molecular weight excluding hydrogens is 397 g/mol. The van der Waals surface area contributed by atoms with Crippen LogP contribution >= 0.6 is 0 Å². The predicted molar refractivity (Wildman–Crippen MR) is 111 cm³/mol. The summed E-state index contributed by atoms with van der Waals surface area (Å²) >= 11 is 0. The molecule has 7 nitrogen and oxygen atoms in total. The number of benzene rings is 2. The van der Waals surface area contributed by atoms with E-state index >= 15 is 0 Å². The molecule has 31 heavy (non-hydrogen) atoms. The Labute approximate surface area is 178 Å². The second kappa shape index (κ2) is 8.14. The van der Waals surface area contributed by atoms with Crippen LogP contribution in [-0.2, 0) is 0 Å². The highest BCUT2D eigenvalue weighted by Crippen LogP contribution is 2.28. The van der Waals surface area contributed by atoms with Crippen molar-refractivity contribution in [1.29, 1.82) is 0 Å². The summed E-state index contributed by atoms with van der Waals surface area (Å²) in [5.74, 6) is 0.581. The first-order valence-electron chi connectivity index (χ1n) is 10.1. The van der Waals surface area contributed by atoms with Gasteiger partial charge in [-0.25, -0.2) is 9.37 Å². The van der Waals surface area contributed by atoms with E-state index in [2.05, 4.69) is 15.1 Å². The molecule has 1 atom stereocenters. The lowest BCUT2D eigenvalue weighted by Crippen LogP contribution is -2.39. The monoisotopic (exact) mass is 417 g/mol. The molecule has 3 heterocycles. The summed E-state index contributed by atoms with van der Waals surface area (Å²) in [6.07, 6.45) is 7.02. The molecule has 0 unspecified atom stereocenters. The quantitative estimate of drug-likeness (QED) is 0.500. The van der Waals surface area contributed by atoms with Crippen LogP contribution in [0.15, 0.2) is 71.8 Å². The number of amides is 1. The summed E-state index contributed by atoms with van der Waals surface area (Å²) in [6.45, 7) is 1.21. The Hall–Kier alpha value is -3.81. The molecule has 0 N–H and O–H groups in total. The highest BCUT2D eigenvalue weighted by atomic mass is 19.1. The Balaban J connectivity index is 1.29. The summed E-state index contributed by atoms with van der Waals surface area (Å²) in [7, 11) is 0. The molecule has 0 saturated carbocycles. The number of rotatable bonds is 4. The number of halogens is 1. The van der Waals surface area contributed by atoms with E-state index in [1.54, 1.807) is 24.7 Å². The van der Waals surface area contributed by atoms with E-state index in [0.717, 1.165) is 18.5 Å². The fraction of sp³-hybridized carbons (Fsp3) is 0.217. The van der Waals surface area contributed by atoms with Crippen LogP contribution in [0.25, 0.3) is 17.1 Å². The Morgan fingerprint density at radius 3 is 2.65 bits per heavy atom. The van der Waals surface area contributed by atoms with E-state index in [1.165, 1.54) is 12.1 Å². The molecule has 2 aromatic heterocycles. The van der Waals surface area contributed by atoms with E-state index in [-0.39, 0.29) is 17.6 Å². The van der Waals surface area contributed by atoms with Crippen LogP contribution in [-0.4, -0.2) is 43.6 Å². The van der Waals surface area contributed by atoms with Gasteiger partial charge in [-0.15, -0.1) is 0 Å². The average molecular weight is 417 g/mol. The van der Waals surface area contributed by atoms with Crippen LogP contribution in [0.5, 0.6) is 0 Å². The third-order valence-corrected chi connectivity index (χ3v) is 5.52. The summed E-state index contributed by atoms with van der Waals surface area (Å²) in [6, 6.07) is 13.4. The standard InChI is InChI=1S/C23H20FN5O2/c24-19-7-3-16(4-8-19)21-26-22(31-27-21)18-2-1-12-28(14-18)23(30)17-5-9-20(10-6-17)29-13-11-25-15-29/h3-11,13,15,18H,1-2,12,14H2/t18-/m0/s1. The fourth-order valence-electron chi connectivity index (χ4n) is 3.85. The number of hydrogen-bond acceptors (Lipinski definition) is 5. The van der Waals surface area contributed by atoms with Crippen molar-refractivity contribution in [2.45, 2.75) is 18.8 Å². The third-order valence-electron chi connectivity index (χ3n) is 5.52. The van der Waals surface area contributed by atoms with Gasteiger partial charge >= 0.3 is 0 Å². The van der Waals surface area contributed by atoms with Crippen LogP contribution in [0, 0.1) is 5.82 Å². The first kappa shape index (κ1) is 19.2. The minimum absolute atomic E-state index is 0.0137. The number of carbonyl (C=O) groups excluding carboxylic acids is 1. The summed E-state index contributed by atoms with van der Waals surface area (Å²) < 4.78 is 20.5. The lowest BCUT2D eigenvalue weighted by molar-refractivity contribution is 0.0695. The maximum absolute atomic E-state index is 13.1. The summed E-state index contributed by atoms with van der Waals surface area (Å²) in [5.41, 5.74) is 2.28. The molecule has 1 saturated heterocycles. The molecular formula is C23H20FN5O2. The van der Waals surface area contributed by atoms with Gasteiger partial charge in [0.1, 0.15) is 5.82 Å². The van der Waals surface area contributed by atoms with Crippen molar-refractivity contribution in [3.8, 4) is 17.1 Å². The molecule has 4 aromatic rings. The van der Waals surface area contributed by atoms with Crippen LogP contribution < -0.4 is 0 Å². The van der Waals surface area contributed by atoms with E-state index < -0.39 is 0 Å². The smallest absolute Gasteiger partial charge is 0.253 e. The number of piperidine rings is 1. The normalized spacial score (nSPS) is 16.4. The number of nitrogens with zero attached hydrogens (tertiary/aromatic N) is 5. The predicted octanol–water partition coefficient (Wildman–Crippen LogP) is 4.08. The maximum atomic E-state index is 13.1. The topological polar surface area (TPSA) is 77.1 Å². The first-order chi connectivity index (χ1) is 15.2. The van der Waals surface area contributed by atoms with Crippen molar-refractivity contribution < 1.29 is 13.7 Å². The highest BCUT2D eigenvalue weighted by Gasteiger charge is 2.29. The molecule has 156 valence electrons. The second-order valence-corrected chi connectivity index (χ2v) is 7.57. The molecule has 1 fully saturated rings. The van der Waals surface area contributed by atoms with Crippen LogP contribution in [0.1, 0.15) is 35.0 Å². The lowest BCUT2D eigenvalue weighted by Gasteiger charge is -2.31. The zero-order chi connectivity index (χ0) is 21.2. The molecule has 2 aromatic carbocycles. The van der Waals surface area contributed by atoms with Gasteiger partial charge in [0.2, 0.25) is 11.7 Å². The molecule has 0 radical (unpaired) electrons. The van der Waals surface area contributed by atoms with Gasteiger partial charge < -0.3 is 14.0 Å². The zero-order valence-corrected chi connectivity index (χ0v) is 16.7. The van der Waals surface area contributed by atoms with Gasteiger partial charge in [0.05, 0.1) is 12.2 Å². The van der Waals surface area contributed by atoms with E-state index in [9.17, 15) is 9.18 Å². The second-order valence-electron chi connectivity index (χ2n) is 7.57. The van der Waals surface area contributed by atoms with Gasteiger partial charge in [-0.2, -0.15) is 4.98 Å². The third kappa shape index (κ3) is 3.96. The Morgan fingerprint density at radius 2 is 1.90 bits per heavy atom. The van der Waals surface area contributed by atoms with Crippen molar-refractivity contribution in [2.75, 3.05) is 13.1 Å². The van der Waals surface area contributed by atoms with E-state index in [1.807, 2.05) is 39.9 Å². The van der Waals surface area contributed by atoms with Crippen LogP contribution in [0.3, 0.4) is 0 Å². The average Bonchev–Trinajstić information content (AvgIpc) is 3.52. The Morgan fingerprint density at radius 1 is 1.10 bits per heavy atom. The van der Waals surface area contributed by atoms with Crippen LogP contribution in [0.2, 0.25) is 0 Å². The minimum Gasteiger partial charge on any atom is -0.339 e. The Bertz CT molecular complexity index is 1170. The first-order valence-corrected chi connectivity index (χ1v) is 10.1. The molecule has 0 spiro atoms. The molecule has 0 aliphatic carbocycles. The zero-order valence-electron chi connectivity index (χ0n) is 16.7. The Kier molecular flexibility index (Phi) is 5.03. The van der Waals surface area contributed by atoms with Gasteiger partial charge in [-0.3, -0.25) is 4.79 Å². The molecule has 1 amide bonds. The number of hydrogen-bond donors (Lipinski definition) is 0. The number of carbonyl (C=O) groups is 1. The van der Waals surface area contributed by atoms with Crippen molar-refractivity contribution in [2.24, 2.45) is 0 Å². The maximum Gasteiger partial charge on any atom is 0.253 e. The summed E-state index contributed by atoms with van der Waals surface area (Å²) in [4.78, 5) is 23.4. The molecule has 0 bridgehead atoms. The van der Waals surface area contributed by atoms with Gasteiger partial charge in [0, 0.05) is 42.3 Å². The highest BCUT2D eigenvalue weighted by molar-refractivity contribution is 5.94. The van der Waals surface area contributed by atoms with Crippen molar-refractivity contribution in [3.05, 3.63) is 84.5 Å².